The molecule has 1 unspecified atom stereocenters. The van der Waals surface area contributed by atoms with E-state index in [1.54, 1.807) is 24.3 Å². The molecule has 5 nitrogen and oxygen atoms in total. The Hall–Kier alpha value is -3.48. The van der Waals surface area contributed by atoms with Crippen molar-refractivity contribution in [2.75, 3.05) is 0 Å². The summed E-state index contributed by atoms with van der Waals surface area (Å²) in [5, 5.41) is 5.44. The number of furan rings is 1. The fourth-order valence-electron chi connectivity index (χ4n) is 2.89. The topological polar surface area (TPSA) is 71.3 Å². The van der Waals surface area contributed by atoms with E-state index in [1.165, 1.54) is 36.4 Å². The first-order valence-electron chi connectivity index (χ1n) is 9.52. The van der Waals surface area contributed by atoms with Gasteiger partial charge in [0.15, 0.2) is 0 Å². The molecule has 1 atom stereocenters. The third kappa shape index (κ3) is 5.31. The highest BCUT2D eigenvalue weighted by Gasteiger charge is 2.24. The van der Waals surface area contributed by atoms with Crippen LogP contribution in [-0.4, -0.2) is 17.9 Å². The standard InChI is InChI=1S/C23H22F2N2O3/c1-14(2)21(27-22(28)16-5-9-18(25)10-6-16)23(29)26-13-19-11-12-20(30-19)15-3-7-17(24)8-4-15/h3-12,14,21H,13H2,1-2H3,(H,26,29)(H,27,28). The Morgan fingerprint density at radius 1 is 0.900 bits per heavy atom. The first-order chi connectivity index (χ1) is 14.3. The maximum atomic E-state index is 13.0. The number of rotatable bonds is 7. The lowest BCUT2D eigenvalue weighted by Gasteiger charge is -2.21. The molecular formula is C23H22F2N2O3. The van der Waals surface area contributed by atoms with Crippen LogP contribution in [0.3, 0.4) is 0 Å². The number of hydrogen-bond acceptors (Lipinski definition) is 3. The summed E-state index contributed by atoms with van der Waals surface area (Å²) in [5.74, 6) is -0.677. The number of amides is 2. The van der Waals surface area contributed by atoms with Crippen LogP contribution >= 0.6 is 0 Å². The molecule has 0 bridgehead atoms. The van der Waals surface area contributed by atoms with Crippen molar-refractivity contribution in [2.24, 2.45) is 5.92 Å². The van der Waals surface area contributed by atoms with Crippen molar-refractivity contribution in [2.45, 2.75) is 26.4 Å². The zero-order valence-electron chi connectivity index (χ0n) is 16.6. The summed E-state index contributed by atoms with van der Waals surface area (Å²) >= 11 is 0. The van der Waals surface area contributed by atoms with Gasteiger partial charge >= 0.3 is 0 Å². The molecule has 1 aromatic heterocycles. The molecule has 0 aliphatic carbocycles. The molecule has 2 aromatic carbocycles. The first kappa shape index (κ1) is 21.2. The summed E-state index contributed by atoms with van der Waals surface area (Å²) in [6, 6.07) is 13.7. The third-order valence-electron chi connectivity index (χ3n) is 4.57. The largest absolute Gasteiger partial charge is 0.459 e. The molecule has 0 fully saturated rings. The molecule has 30 heavy (non-hydrogen) atoms. The Balaban J connectivity index is 1.61. The number of halogens is 2. The zero-order chi connectivity index (χ0) is 21.7. The Morgan fingerprint density at radius 3 is 2.10 bits per heavy atom. The summed E-state index contributed by atoms with van der Waals surface area (Å²) in [7, 11) is 0. The fourth-order valence-corrected chi connectivity index (χ4v) is 2.89. The van der Waals surface area contributed by atoms with Gasteiger partial charge < -0.3 is 15.1 Å². The van der Waals surface area contributed by atoms with Gasteiger partial charge in [-0.2, -0.15) is 0 Å². The lowest BCUT2D eigenvalue weighted by molar-refractivity contribution is -0.124. The van der Waals surface area contributed by atoms with E-state index in [0.29, 0.717) is 11.5 Å². The van der Waals surface area contributed by atoms with E-state index in [4.69, 9.17) is 4.42 Å². The molecule has 156 valence electrons. The Morgan fingerprint density at radius 2 is 1.50 bits per heavy atom. The average molecular weight is 412 g/mol. The third-order valence-corrected chi connectivity index (χ3v) is 4.57. The van der Waals surface area contributed by atoms with Crippen LogP contribution in [0, 0.1) is 17.6 Å². The fraction of sp³-hybridized carbons (Fsp3) is 0.217. The molecule has 0 spiro atoms. The van der Waals surface area contributed by atoms with Crippen LogP contribution in [-0.2, 0) is 11.3 Å². The molecule has 0 saturated heterocycles. The minimum Gasteiger partial charge on any atom is -0.459 e. The first-order valence-corrected chi connectivity index (χ1v) is 9.52. The smallest absolute Gasteiger partial charge is 0.251 e. The van der Waals surface area contributed by atoms with Crippen LogP contribution in [0.25, 0.3) is 11.3 Å². The van der Waals surface area contributed by atoms with Crippen LogP contribution in [0.2, 0.25) is 0 Å². The van der Waals surface area contributed by atoms with Crippen molar-refractivity contribution < 1.29 is 22.8 Å². The van der Waals surface area contributed by atoms with E-state index >= 15 is 0 Å². The quantitative estimate of drug-likeness (QED) is 0.608. The molecule has 7 heteroatoms. The highest BCUT2D eigenvalue weighted by atomic mass is 19.1. The van der Waals surface area contributed by atoms with Crippen molar-refractivity contribution in [3.63, 3.8) is 0 Å². The lowest BCUT2D eigenvalue weighted by Crippen LogP contribution is -2.49. The van der Waals surface area contributed by atoms with E-state index in [0.717, 1.165) is 5.56 Å². The molecule has 0 aliphatic rings. The molecular weight excluding hydrogens is 390 g/mol. The second-order valence-electron chi connectivity index (χ2n) is 7.19. The SMILES string of the molecule is CC(C)C(NC(=O)c1ccc(F)cc1)C(=O)NCc1ccc(-c2ccc(F)cc2)o1. The number of hydrogen-bond donors (Lipinski definition) is 2. The van der Waals surface area contributed by atoms with E-state index in [1.807, 2.05) is 13.8 Å². The summed E-state index contributed by atoms with van der Waals surface area (Å²) in [6.07, 6.45) is 0. The summed E-state index contributed by atoms with van der Waals surface area (Å²) in [6.45, 7) is 3.76. The number of carbonyl (C=O) groups is 2. The predicted octanol–water partition coefficient (Wildman–Crippen LogP) is 4.30. The van der Waals surface area contributed by atoms with Crippen LogP contribution in [0.1, 0.15) is 30.0 Å². The lowest BCUT2D eigenvalue weighted by atomic mass is 10.0. The van der Waals surface area contributed by atoms with Crippen molar-refractivity contribution in [3.05, 3.63) is 83.6 Å². The van der Waals surface area contributed by atoms with Crippen LogP contribution in [0.4, 0.5) is 8.78 Å². The van der Waals surface area contributed by atoms with Gasteiger partial charge in [0.25, 0.3) is 5.91 Å². The highest BCUT2D eigenvalue weighted by molar-refractivity contribution is 5.97. The van der Waals surface area contributed by atoms with Crippen LogP contribution in [0.5, 0.6) is 0 Å². The molecule has 0 radical (unpaired) electrons. The molecule has 2 amide bonds. The van der Waals surface area contributed by atoms with Gasteiger partial charge in [0.05, 0.1) is 6.54 Å². The van der Waals surface area contributed by atoms with Gasteiger partial charge in [0, 0.05) is 11.1 Å². The van der Waals surface area contributed by atoms with Gasteiger partial charge in [0.2, 0.25) is 5.91 Å². The van der Waals surface area contributed by atoms with Gasteiger partial charge in [-0.05, 0) is 66.6 Å². The van der Waals surface area contributed by atoms with Crippen LogP contribution < -0.4 is 10.6 Å². The molecule has 0 saturated carbocycles. The van der Waals surface area contributed by atoms with Gasteiger partial charge in [-0.25, -0.2) is 8.78 Å². The van der Waals surface area contributed by atoms with Crippen molar-refractivity contribution in [3.8, 4) is 11.3 Å². The summed E-state index contributed by atoms with van der Waals surface area (Å²) in [5.41, 5.74) is 0.991. The Kier molecular flexibility index (Phi) is 6.61. The number of nitrogens with one attached hydrogen (secondary N) is 2. The summed E-state index contributed by atoms with van der Waals surface area (Å²) < 4.78 is 31.8. The second-order valence-corrected chi connectivity index (χ2v) is 7.19. The monoisotopic (exact) mass is 412 g/mol. The second kappa shape index (κ2) is 9.35. The molecule has 3 aromatic rings. The summed E-state index contributed by atoms with van der Waals surface area (Å²) in [4.78, 5) is 25.0. The number of carbonyl (C=O) groups excluding carboxylic acids is 2. The van der Waals surface area contributed by atoms with Crippen LogP contribution in [0.15, 0.2) is 65.1 Å². The van der Waals surface area contributed by atoms with Gasteiger partial charge in [-0.1, -0.05) is 13.8 Å². The Labute approximate surface area is 173 Å². The minimum absolute atomic E-state index is 0.135. The van der Waals surface area contributed by atoms with Crippen molar-refractivity contribution >= 4 is 11.8 Å². The van der Waals surface area contributed by atoms with E-state index in [9.17, 15) is 18.4 Å². The number of benzene rings is 2. The van der Waals surface area contributed by atoms with E-state index in [2.05, 4.69) is 10.6 Å². The highest BCUT2D eigenvalue weighted by Crippen LogP contribution is 2.22. The molecule has 3 rings (SSSR count). The average Bonchev–Trinajstić information content (AvgIpc) is 3.20. The zero-order valence-corrected chi connectivity index (χ0v) is 16.6. The molecule has 0 aliphatic heterocycles. The van der Waals surface area contributed by atoms with E-state index < -0.39 is 17.8 Å². The van der Waals surface area contributed by atoms with Gasteiger partial charge in [0.1, 0.15) is 29.2 Å². The predicted molar refractivity (Wildman–Crippen MR) is 108 cm³/mol. The Bertz CT molecular complexity index is 1010. The minimum atomic E-state index is -0.769. The van der Waals surface area contributed by atoms with Crippen molar-refractivity contribution in [1.82, 2.24) is 10.6 Å². The normalized spacial score (nSPS) is 11.9. The maximum absolute atomic E-state index is 13.0. The van der Waals surface area contributed by atoms with Gasteiger partial charge in [-0.3, -0.25) is 9.59 Å². The maximum Gasteiger partial charge on any atom is 0.251 e. The van der Waals surface area contributed by atoms with E-state index in [-0.39, 0.29) is 29.8 Å². The van der Waals surface area contributed by atoms with Crippen molar-refractivity contribution in [1.29, 1.82) is 0 Å². The molecule has 1 heterocycles. The van der Waals surface area contributed by atoms with Gasteiger partial charge in [-0.15, -0.1) is 0 Å². The molecule has 2 N–H and O–H groups in total.